The molecule has 4 fully saturated rings. The predicted octanol–water partition coefficient (Wildman–Crippen LogP) is 7.09. The predicted molar refractivity (Wildman–Crippen MR) is 168 cm³/mol. The fourth-order valence-corrected chi connectivity index (χ4v) is 11.6. The number of rotatable bonds is 14. The number of nitrogens with zero attached hydrogens (tertiary/aromatic N) is 1. The Bertz CT molecular complexity index is 981. The molecule has 0 spiro atoms. The zero-order chi connectivity index (χ0) is 29.9. The first-order chi connectivity index (χ1) is 19.4. The number of quaternary nitrogens is 1. The smallest absolute Gasteiger partial charge is 0.265 e. The number of fused-ring (bicyclic) bond motifs is 5. The number of nitrogens with one attached hydrogen (secondary N) is 1. The fourth-order valence-electron chi connectivity index (χ4n) is 11.1. The lowest BCUT2D eigenvalue weighted by atomic mass is 9.44. The lowest BCUT2D eigenvalue weighted by Crippen LogP contribution is -2.53. The zero-order valence-electron chi connectivity index (χ0n) is 27.1. The van der Waals surface area contributed by atoms with Crippen LogP contribution in [0.2, 0.25) is 0 Å². The van der Waals surface area contributed by atoms with Gasteiger partial charge in [0, 0.05) is 25.8 Å². The van der Waals surface area contributed by atoms with Crippen molar-refractivity contribution in [2.75, 3.05) is 38.5 Å². The molecule has 6 nitrogen and oxygen atoms in total. The van der Waals surface area contributed by atoms with Gasteiger partial charge in [0.1, 0.15) is 0 Å². The minimum Gasteiger partial charge on any atom is -0.356 e. The molecule has 0 aromatic rings. The van der Waals surface area contributed by atoms with Crippen molar-refractivity contribution in [3.05, 3.63) is 0 Å². The van der Waals surface area contributed by atoms with Crippen molar-refractivity contribution in [1.82, 2.24) is 5.32 Å². The van der Waals surface area contributed by atoms with E-state index in [0.717, 1.165) is 73.1 Å². The quantitative estimate of drug-likeness (QED) is 0.128. The summed E-state index contributed by atoms with van der Waals surface area (Å²) < 4.78 is 32.2. The van der Waals surface area contributed by atoms with E-state index >= 15 is 0 Å². The van der Waals surface area contributed by atoms with Gasteiger partial charge in [-0.1, -0.05) is 33.6 Å². The highest BCUT2D eigenvalue weighted by atomic mass is 32.2. The standard InChI is InChI=1S/C34H62N2O4S/c1-6-36(7-2,24-11-25-41(38,39)40)23-10-22-35-32(37)18-13-26(3)29-16-17-30-28-15-14-27-12-8-9-20-33(27,4)31(28)19-21-34(29,30)5/h26-31H,6-25H2,1-5H3,(H-,35,37,38,39,40)/p+1/t26-,27?,28?,29-,30?,31?,33+,34-/m1/s1. The molecule has 238 valence electrons. The Morgan fingerprint density at radius 1 is 0.927 bits per heavy atom. The highest BCUT2D eigenvalue weighted by molar-refractivity contribution is 7.85. The Balaban J connectivity index is 1.21. The Labute approximate surface area is 252 Å². The van der Waals surface area contributed by atoms with Gasteiger partial charge in [-0.15, -0.1) is 0 Å². The van der Waals surface area contributed by atoms with Crippen LogP contribution in [0.5, 0.6) is 0 Å². The van der Waals surface area contributed by atoms with Crippen molar-refractivity contribution in [1.29, 1.82) is 0 Å². The van der Waals surface area contributed by atoms with Gasteiger partial charge < -0.3 is 9.80 Å². The summed E-state index contributed by atoms with van der Waals surface area (Å²) in [6.45, 7) is 16.2. The summed E-state index contributed by atoms with van der Waals surface area (Å²) in [4.78, 5) is 12.8. The second kappa shape index (κ2) is 13.5. The van der Waals surface area contributed by atoms with Gasteiger partial charge >= 0.3 is 0 Å². The van der Waals surface area contributed by atoms with E-state index in [-0.39, 0.29) is 11.7 Å². The van der Waals surface area contributed by atoms with Crippen LogP contribution in [-0.4, -0.2) is 61.8 Å². The molecule has 7 heteroatoms. The van der Waals surface area contributed by atoms with Crippen LogP contribution in [0.25, 0.3) is 0 Å². The highest BCUT2D eigenvalue weighted by Crippen LogP contribution is 2.68. The fraction of sp³-hybridized carbons (Fsp3) is 0.971. The molecule has 4 aliphatic rings. The molecular weight excluding hydrogens is 532 g/mol. The number of amides is 1. The molecule has 0 aliphatic heterocycles. The Hall–Kier alpha value is -0.660. The van der Waals surface area contributed by atoms with Crippen LogP contribution >= 0.6 is 0 Å². The Kier molecular flexibility index (Phi) is 11.0. The van der Waals surface area contributed by atoms with Crippen molar-refractivity contribution < 1.29 is 22.2 Å². The molecule has 2 N–H and O–H groups in total. The molecule has 0 heterocycles. The van der Waals surface area contributed by atoms with Gasteiger partial charge in [-0.3, -0.25) is 9.35 Å². The van der Waals surface area contributed by atoms with Crippen molar-refractivity contribution >= 4 is 16.0 Å². The van der Waals surface area contributed by atoms with Gasteiger partial charge in [0.05, 0.1) is 31.9 Å². The van der Waals surface area contributed by atoms with Gasteiger partial charge in [-0.2, -0.15) is 8.42 Å². The van der Waals surface area contributed by atoms with Gasteiger partial charge in [0.25, 0.3) is 10.1 Å². The van der Waals surface area contributed by atoms with Crippen molar-refractivity contribution in [3.8, 4) is 0 Å². The third-order valence-electron chi connectivity index (χ3n) is 13.7. The molecule has 41 heavy (non-hydrogen) atoms. The van der Waals surface area contributed by atoms with Gasteiger partial charge in [0.15, 0.2) is 0 Å². The SMILES string of the molecule is CC[N+](CC)(CCCNC(=O)CC[C@@H](C)[C@H]1CCC2C3CCC4CCCC[C@]4(C)C3CC[C@@]21C)CCCS(=O)(=O)O. The first kappa shape index (κ1) is 33.2. The van der Waals surface area contributed by atoms with E-state index in [1.807, 2.05) is 0 Å². The van der Waals surface area contributed by atoms with E-state index in [9.17, 15) is 13.2 Å². The normalized spacial score (nSPS) is 36.2. The zero-order valence-corrected chi connectivity index (χ0v) is 28.0. The summed E-state index contributed by atoms with van der Waals surface area (Å²) in [5.41, 5.74) is 1.07. The van der Waals surface area contributed by atoms with E-state index in [2.05, 4.69) is 39.9 Å². The van der Waals surface area contributed by atoms with Crippen LogP contribution in [-0.2, 0) is 14.9 Å². The third-order valence-corrected chi connectivity index (χ3v) is 14.5. The molecule has 0 saturated heterocycles. The molecule has 1 amide bonds. The molecule has 4 unspecified atom stereocenters. The third kappa shape index (κ3) is 7.36. The monoisotopic (exact) mass is 595 g/mol. The first-order valence-electron chi connectivity index (χ1n) is 17.4. The number of carbonyl (C=O) groups is 1. The lowest BCUT2D eigenvalue weighted by molar-refractivity contribution is -0.925. The molecular formula is C34H63N2O4S+. The van der Waals surface area contributed by atoms with E-state index in [1.54, 1.807) is 0 Å². The average molecular weight is 596 g/mol. The molecule has 4 saturated carbocycles. The second-order valence-corrected chi connectivity index (χ2v) is 17.0. The maximum atomic E-state index is 12.8. The maximum Gasteiger partial charge on any atom is 0.265 e. The first-order valence-corrected chi connectivity index (χ1v) is 19.1. The lowest BCUT2D eigenvalue weighted by Gasteiger charge is -2.61. The number of hydrogen-bond acceptors (Lipinski definition) is 3. The van der Waals surface area contributed by atoms with E-state index in [4.69, 9.17) is 4.55 Å². The van der Waals surface area contributed by atoms with Gasteiger partial charge in [-0.25, -0.2) is 0 Å². The van der Waals surface area contributed by atoms with Gasteiger partial charge in [-0.05, 0) is 118 Å². The Morgan fingerprint density at radius 2 is 1.63 bits per heavy atom. The van der Waals surface area contributed by atoms with E-state index < -0.39 is 10.1 Å². The van der Waals surface area contributed by atoms with Crippen LogP contribution in [0, 0.1) is 46.3 Å². The van der Waals surface area contributed by atoms with E-state index in [1.165, 1.54) is 64.2 Å². The molecule has 0 aromatic carbocycles. The van der Waals surface area contributed by atoms with E-state index in [0.29, 0.717) is 36.1 Å². The van der Waals surface area contributed by atoms with Crippen LogP contribution in [0.3, 0.4) is 0 Å². The van der Waals surface area contributed by atoms with Crippen LogP contribution in [0.4, 0.5) is 0 Å². The largest absolute Gasteiger partial charge is 0.356 e. The maximum absolute atomic E-state index is 12.8. The number of hydrogen-bond donors (Lipinski definition) is 2. The van der Waals surface area contributed by atoms with Crippen molar-refractivity contribution in [2.24, 2.45) is 46.3 Å². The minimum atomic E-state index is -3.91. The molecule has 4 aliphatic carbocycles. The Morgan fingerprint density at radius 3 is 2.34 bits per heavy atom. The van der Waals surface area contributed by atoms with Crippen LogP contribution in [0.15, 0.2) is 0 Å². The summed E-state index contributed by atoms with van der Waals surface area (Å²) in [5.74, 6) is 5.15. The summed E-state index contributed by atoms with van der Waals surface area (Å²) >= 11 is 0. The van der Waals surface area contributed by atoms with Gasteiger partial charge in [0.2, 0.25) is 5.91 Å². The summed E-state index contributed by atoms with van der Waals surface area (Å²) in [6, 6.07) is 0. The molecule has 0 bridgehead atoms. The number of carbonyl (C=O) groups excluding carboxylic acids is 1. The second-order valence-electron chi connectivity index (χ2n) is 15.4. The van der Waals surface area contributed by atoms with Crippen LogP contribution in [0.1, 0.15) is 125 Å². The molecule has 0 radical (unpaired) electrons. The minimum absolute atomic E-state index is 0.177. The average Bonchev–Trinajstić information content (AvgIpc) is 3.29. The topological polar surface area (TPSA) is 83.5 Å². The highest BCUT2D eigenvalue weighted by Gasteiger charge is 2.60. The summed E-state index contributed by atoms with van der Waals surface area (Å²) in [6.07, 6.45) is 17.4. The summed E-state index contributed by atoms with van der Waals surface area (Å²) in [7, 11) is -3.91. The summed E-state index contributed by atoms with van der Waals surface area (Å²) in [5, 5.41) is 3.18. The van der Waals surface area contributed by atoms with Crippen LogP contribution < -0.4 is 5.32 Å². The molecule has 8 atom stereocenters. The molecule has 4 rings (SSSR count). The van der Waals surface area contributed by atoms with Crippen molar-refractivity contribution in [2.45, 2.75) is 125 Å². The molecule has 0 aromatic heterocycles. The van der Waals surface area contributed by atoms with Crippen molar-refractivity contribution in [3.63, 3.8) is 0 Å².